The molecule has 0 amide bonds. The molecule has 4 N–H and O–H groups in total. The van der Waals surface area contributed by atoms with Crippen molar-refractivity contribution in [2.24, 2.45) is 0 Å². The Hall–Kier alpha value is -0.530. The molecule has 0 aromatic heterocycles. The van der Waals surface area contributed by atoms with Crippen molar-refractivity contribution in [3.63, 3.8) is 0 Å². The highest BCUT2D eigenvalue weighted by Crippen LogP contribution is 2.06. The fourth-order valence-electron chi connectivity index (χ4n) is 1.05. The zero-order valence-electron chi connectivity index (χ0n) is 8.24. The van der Waals surface area contributed by atoms with Gasteiger partial charge >= 0.3 is 0 Å². The molecule has 6 heteroatoms. The van der Waals surface area contributed by atoms with E-state index in [0.717, 1.165) is 0 Å². The first kappa shape index (κ1) is 13.5. The van der Waals surface area contributed by atoms with Gasteiger partial charge in [-0.3, -0.25) is 4.90 Å². The average Bonchev–Trinajstić information content (AvgIpc) is 2.15. The molecule has 0 heterocycles. The molecule has 0 aliphatic heterocycles. The Morgan fingerprint density at radius 2 is 1.71 bits per heavy atom. The lowest BCUT2D eigenvalue weighted by molar-refractivity contribution is -0.126. The van der Waals surface area contributed by atoms with Gasteiger partial charge in [0.05, 0.1) is 12.6 Å². The highest BCUT2D eigenvalue weighted by atomic mass is 16.4. The van der Waals surface area contributed by atoms with E-state index in [-0.39, 0.29) is 0 Å². The van der Waals surface area contributed by atoms with Crippen LogP contribution >= 0.6 is 0 Å². The van der Waals surface area contributed by atoms with Crippen molar-refractivity contribution in [3.05, 3.63) is 0 Å². The first-order valence-corrected chi connectivity index (χ1v) is 4.22. The van der Waals surface area contributed by atoms with Crippen LogP contribution in [0.25, 0.3) is 0 Å². The summed E-state index contributed by atoms with van der Waals surface area (Å²) < 4.78 is 0. The van der Waals surface area contributed by atoms with Crippen LogP contribution in [0.1, 0.15) is 0 Å². The zero-order chi connectivity index (χ0) is 11.3. The summed E-state index contributed by atoms with van der Waals surface area (Å²) in [6.07, 6.45) is -3.95. The minimum absolute atomic E-state index is 0.470. The molecule has 1 unspecified atom stereocenters. The highest BCUT2D eigenvalue weighted by Gasteiger charge is 2.31. The van der Waals surface area contributed by atoms with Gasteiger partial charge in [-0.25, -0.2) is 0 Å². The van der Waals surface area contributed by atoms with Crippen LogP contribution in [0, 0.1) is 0 Å². The predicted octanol–water partition coefficient (Wildman–Crippen LogP) is -2.81. The second kappa shape index (κ2) is 6.05. The monoisotopic (exact) mass is 207 g/mol. The lowest BCUT2D eigenvalue weighted by Crippen LogP contribution is -2.51. The first-order chi connectivity index (χ1) is 6.45. The molecule has 0 aromatic rings. The molecule has 0 radical (unpaired) electrons. The van der Waals surface area contributed by atoms with Gasteiger partial charge in [-0.2, -0.15) is 0 Å². The van der Waals surface area contributed by atoms with Crippen molar-refractivity contribution in [3.8, 4) is 0 Å². The molecule has 0 rings (SSSR count). The van der Waals surface area contributed by atoms with Crippen LogP contribution < -0.4 is 0 Å². The summed E-state index contributed by atoms with van der Waals surface area (Å²) in [5.74, 6) is 0. The van der Waals surface area contributed by atoms with Crippen molar-refractivity contribution in [1.29, 1.82) is 0 Å². The molecule has 0 aromatic carbocycles. The van der Waals surface area contributed by atoms with Gasteiger partial charge in [0.2, 0.25) is 0 Å². The number of aldehydes is 1. The van der Waals surface area contributed by atoms with E-state index in [9.17, 15) is 15.0 Å². The number of hydrogen-bond donors (Lipinski definition) is 4. The summed E-state index contributed by atoms with van der Waals surface area (Å²) in [6.45, 7) is -0.669. The van der Waals surface area contributed by atoms with Crippen LogP contribution in [-0.4, -0.2) is 76.7 Å². The van der Waals surface area contributed by atoms with E-state index in [0.29, 0.717) is 6.29 Å². The molecule has 6 nitrogen and oxygen atoms in total. The molecule has 0 aliphatic carbocycles. The van der Waals surface area contributed by atoms with Gasteiger partial charge in [-0.1, -0.05) is 0 Å². The fourth-order valence-corrected chi connectivity index (χ4v) is 1.05. The molecular weight excluding hydrogens is 190 g/mol. The molecule has 84 valence electrons. The third kappa shape index (κ3) is 3.32. The highest BCUT2D eigenvalue weighted by molar-refractivity contribution is 5.58. The summed E-state index contributed by atoms with van der Waals surface area (Å²) in [6, 6.07) is -0.911. The number of hydrogen-bond acceptors (Lipinski definition) is 6. The average molecular weight is 207 g/mol. The number of aliphatic hydroxyl groups is 4. The minimum atomic E-state index is -1.54. The van der Waals surface area contributed by atoms with Crippen molar-refractivity contribution < 1.29 is 25.2 Å². The summed E-state index contributed by atoms with van der Waals surface area (Å²) >= 11 is 0. The van der Waals surface area contributed by atoms with Crippen molar-refractivity contribution >= 4 is 6.29 Å². The maximum atomic E-state index is 10.5. The Kier molecular flexibility index (Phi) is 5.82. The normalized spacial score (nSPS) is 20.2. The van der Waals surface area contributed by atoms with E-state index >= 15 is 0 Å². The lowest BCUT2D eigenvalue weighted by atomic mass is 10.0. The van der Waals surface area contributed by atoms with Crippen LogP contribution in [-0.2, 0) is 4.79 Å². The number of carbonyl (C=O) groups excluding carboxylic acids is 1. The maximum Gasteiger partial charge on any atom is 0.139 e. The zero-order valence-corrected chi connectivity index (χ0v) is 8.24. The topological polar surface area (TPSA) is 101 Å². The van der Waals surface area contributed by atoms with Gasteiger partial charge in [0.25, 0.3) is 0 Å². The third-order valence-corrected chi connectivity index (χ3v) is 2.02. The van der Waals surface area contributed by atoms with Gasteiger partial charge in [0, 0.05) is 0 Å². The second-order valence-corrected chi connectivity index (χ2v) is 3.32. The Bertz CT molecular complexity index is 175. The van der Waals surface area contributed by atoms with E-state index in [2.05, 4.69) is 0 Å². The van der Waals surface area contributed by atoms with Crippen LogP contribution in [0.15, 0.2) is 0 Å². The number of nitrogens with zero attached hydrogens (tertiary/aromatic N) is 1. The molecular formula is C8H17NO5. The molecule has 0 saturated heterocycles. The van der Waals surface area contributed by atoms with Crippen LogP contribution in [0.3, 0.4) is 0 Å². The molecule has 0 fully saturated rings. The van der Waals surface area contributed by atoms with E-state index in [1.807, 2.05) is 0 Å². The van der Waals surface area contributed by atoms with Crippen LogP contribution in [0.5, 0.6) is 0 Å². The Balaban J connectivity index is 4.41. The van der Waals surface area contributed by atoms with Gasteiger partial charge in [-0.15, -0.1) is 0 Å². The third-order valence-electron chi connectivity index (χ3n) is 2.02. The molecule has 4 atom stereocenters. The second-order valence-electron chi connectivity index (χ2n) is 3.32. The van der Waals surface area contributed by atoms with Crippen molar-refractivity contribution in [1.82, 2.24) is 4.90 Å². The Morgan fingerprint density at radius 3 is 2.00 bits per heavy atom. The van der Waals surface area contributed by atoms with E-state index in [1.165, 1.54) is 4.90 Å². The smallest absolute Gasteiger partial charge is 0.139 e. The largest absolute Gasteiger partial charge is 0.394 e. The number of aliphatic hydroxyl groups excluding tert-OH is 4. The summed E-state index contributed by atoms with van der Waals surface area (Å²) in [7, 11) is 3.11. The van der Waals surface area contributed by atoms with Crippen LogP contribution in [0.4, 0.5) is 0 Å². The van der Waals surface area contributed by atoms with E-state index in [4.69, 9.17) is 10.2 Å². The number of rotatable bonds is 6. The van der Waals surface area contributed by atoms with Crippen LogP contribution in [0.2, 0.25) is 0 Å². The number of likely N-dealkylation sites (N-methyl/N-ethyl adjacent to an activating group) is 1. The quantitative estimate of drug-likeness (QED) is 0.351. The SMILES string of the molecule is CN(C)[C@@H](C=O)[C@@H](O)[C@H](O)C(O)CO. The Morgan fingerprint density at radius 1 is 1.21 bits per heavy atom. The van der Waals surface area contributed by atoms with Crippen molar-refractivity contribution in [2.45, 2.75) is 24.4 Å². The predicted molar refractivity (Wildman–Crippen MR) is 48.6 cm³/mol. The number of carbonyl (C=O) groups is 1. The summed E-state index contributed by atoms with van der Waals surface area (Å²) in [5, 5.41) is 36.3. The van der Waals surface area contributed by atoms with Crippen molar-refractivity contribution in [2.75, 3.05) is 20.7 Å². The standard InChI is InChI=1S/C8H17NO5/c1-9(2)5(3-10)7(13)8(14)6(12)4-11/h3,5-8,11-14H,4H2,1-2H3/t5-,6?,7+,8+/m0/s1. The summed E-state index contributed by atoms with van der Waals surface area (Å²) in [4.78, 5) is 12.0. The fraction of sp³-hybridized carbons (Fsp3) is 0.875. The lowest BCUT2D eigenvalue weighted by Gasteiger charge is -2.29. The molecule has 14 heavy (non-hydrogen) atoms. The molecule has 0 saturated carbocycles. The maximum absolute atomic E-state index is 10.5. The molecule has 0 aliphatic rings. The minimum Gasteiger partial charge on any atom is -0.394 e. The molecule has 0 bridgehead atoms. The van der Waals surface area contributed by atoms with Gasteiger partial charge in [-0.05, 0) is 14.1 Å². The van der Waals surface area contributed by atoms with Gasteiger partial charge in [0.1, 0.15) is 24.6 Å². The summed E-state index contributed by atoms with van der Waals surface area (Å²) in [5.41, 5.74) is 0. The van der Waals surface area contributed by atoms with Gasteiger partial charge in [0.15, 0.2) is 0 Å². The molecule has 0 spiro atoms. The van der Waals surface area contributed by atoms with E-state index in [1.54, 1.807) is 14.1 Å². The Labute approximate surface area is 82.4 Å². The van der Waals surface area contributed by atoms with E-state index < -0.39 is 31.0 Å². The van der Waals surface area contributed by atoms with Gasteiger partial charge < -0.3 is 25.2 Å². The first-order valence-electron chi connectivity index (χ1n) is 4.22.